The maximum atomic E-state index is 13.1. The SMILES string of the molecule is Cc1cc(C)nc(NNC(=O)[C@@H]2C[C@H]2c2ccccc2C(F)(F)F)n1. The lowest BCUT2D eigenvalue weighted by Gasteiger charge is -2.12. The predicted molar refractivity (Wildman–Crippen MR) is 85.6 cm³/mol. The molecule has 1 saturated carbocycles. The van der Waals surface area contributed by atoms with Crippen LogP contribution in [0, 0.1) is 19.8 Å². The van der Waals surface area contributed by atoms with Gasteiger partial charge in [-0.2, -0.15) is 13.2 Å². The smallest absolute Gasteiger partial charge is 0.273 e. The van der Waals surface area contributed by atoms with E-state index in [9.17, 15) is 18.0 Å². The molecule has 1 aromatic heterocycles. The maximum absolute atomic E-state index is 13.1. The Morgan fingerprint density at radius 3 is 2.44 bits per heavy atom. The molecule has 8 heteroatoms. The number of hydrogen-bond donors (Lipinski definition) is 2. The van der Waals surface area contributed by atoms with Crippen molar-refractivity contribution in [2.75, 3.05) is 5.43 Å². The quantitative estimate of drug-likeness (QED) is 0.830. The maximum Gasteiger partial charge on any atom is 0.416 e. The number of alkyl halides is 3. The second-order valence-electron chi connectivity index (χ2n) is 6.12. The number of hydrazine groups is 1. The van der Waals surface area contributed by atoms with Gasteiger partial charge in [0, 0.05) is 17.3 Å². The average Bonchev–Trinajstić information content (AvgIpc) is 3.31. The molecule has 5 nitrogen and oxygen atoms in total. The Bertz CT molecular complexity index is 786. The van der Waals surface area contributed by atoms with Gasteiger partial charge >= 0.3 is 6.18 Å². The van der Waals surface area contributed by atoms with Crippen LogP contribution in [0.3, 0.4) is 0 Å². The van der Waals surface area contributed by atoms with Crippen LogP contribution in [-0.2, 0) is 11.0 Å². The molecule has 25 heavy (non-hydrogen) atoms. The zero-order chi connectivity index (χ0) is 18.2. The van der Waals surface area contributed by atoms with E-state index < -0.39 is 23.6 Å². The molecular weight excluding hydrogens is 333 g/mol. The van der Waals surface area contributed by atoms with Gasteiger partial charge in [0.1, 0.15) is 0 Å². The normalized spacial score (nSPS) is 19.4. The van der Waals surface area contributed by atoms with Crippen molar-refractivity contribution in [2.45, 2.75) is 32.4 Å². The standard InChI is InChI=1S/C17H17F3N4O/c1-9-7-10(2)22-16(21-9)24-23-15(25)13-8-12(13)11-5-3-4-6-14(11)17(18,19)20/h3-7,12-13H,8H2,1-2H3,(H,23,25)(H,21,22,24)/t12-,13+/m0/s1. The summed E-state index contributed by atoms with van der Waals surface area (Å²) in [5.74, 6) is -1.05. The van der Waals surface area contributed by atoms with Crippen LogP contribution in [0.25, 0.3) is 0 Å². The van der Waals surface area contributed by atoms with Crippen LogP contribution >= 0.6 is 0 Å². The Hall–Kier alpha value is -2.64. The number of aromatic nitrogens is 2. The highest BCUT2D eigenvalue weighted by atomic mass is 19.4. The van der Waals surface area contributed by atoms with E-state index in [-0.39, 0.29) is 17.4 Å². The van der Waals surface area contributed by atoms with Gasteiger partial charge in [0.2, 0.25) is 11.9 Å². The van der Waals surface area contributed by atoms with Crippen molar-refractivity contribution in [3.8, 4) is 0 Å². The molecule has 0 aliphatic heterocycles. The largest absolute Gasteiger partial charge is 0.416 e. The molecule has 1 fully saturated rings. The van der Waals surface area contributed by atoms with E-state index in [2.05, 4.69) is 20.8 Å². The van der Waals surface area contributed by atoms with E-state index in [1.54, 1.807) is 26.0 Å². The molecule has 0 spiro atoms. The summed E-state index contributed by atoms with van der Waals surface area (Å²) in [4.78, 5) is 20.4. The van der Waals surface area contributed by atoms with E-state index in [1.165, 1.54) is 12.1 Å². The highest BCUT2D eigenvalue weighted by molar-refractivity contribution is 5.83. The number of halogens is 3. The highest BCUT2D eigenvalue weighted by Gasteiger charge is 2.47. The van der Waals surface area contributed by atoms with Crippen LogP contribution in [0.15, 0.2) is 30.3 Å². The number of aryl methyl sites for hydroxylation is 2. The van der Waals surface area contributed by atoms with Gasteiger partial charge in [0.05, 0.1) is 5.56 Å². The molecule has 1 aliphatic carbocycles. The van der Waals surface area contributed by atoms with Gasteiger partial charge in [-0.3, -0.25) is 15.6 Å². The number of hydrogen-bond acceptors (Lipinski definition) is 4. The van der Waals surface area contributed by atoms with Crippen molar-refractivity contribution >= 4 is 11.9 Å². The first-order valence-electron chi connectivity index (χ1n) is 7.80. The second kappa shape index (κ2) is 6.34. The Labute approximate surface area is 142 Å². The monoisotopic (exact) mass is 350 g/mol. The second-order valence-corrected chi connectivity index (χ2v) is 6.12. The third-order valence-electron chi connectivity index (χ3n) is 4.07. The Kier molecular flexibility index (Phi) is 4.36. The predicted octanol–water partition coefficient (Wildman–Crippen LogP) is 3.36. The summed E-state index contributed by atoms with van der Waals surface area (Å²) in [7, 11) is 0. The molecule has 132 valence electrons. The van der Waals surface area contributed by atoms with Crippen molar-refractivity contribution in [3.05, 3.63) is 52.8 Å². The van der Waals surface area contributed by atoms with Crippen LogP contribution < -0.4 is 10.9 Å². The Morgan fingerprint density at radius 2 is 1.80 bits per heavy atom. The summed E-state index contributed by atoms with van der Waals surface area (Å²) in [6.07, 6.45) is -4.04. The molecule has 1 heterocycles. The zero-order valence-electron chi connectivity index (χ0n) is 13.7. The third-order valence-corrected chi connectivity index (χ3v) is 4.07. The number of anilines is 1. The number of carbonyl (C=O) groups excluding carboxylic acids is 1. The number of carbonyl (C=O) groups is 1. The van der Waals surface area contributed by atoms with Crippen molar-refractivity contribution < 1.29 is 18.0 Å². The van der Waals surface area contributed by atoms with Crippen LogP contribution in [0.1, 0.15) is 34.9 Å². The van der Waals surface area contributed by atoms with Gasteiger partial charge in [-0.1, -0.05) is 18.2 Å². The molecule has 0 saturated heterocycles. The lowest BCUT2D eigenvalue weighted by Crippen LogP contribution is -2.32. The van der Waals surface area contributed by atoms with Crippen LogP contribution in [0.4, 0.5) is 19.1 Å². The number of amides is 1. The van der Waals surface area contributed by atoms with E-state index in [0.29, 0.717) is 6.42 Å². The fourth-order valence-corrected chi connectivity index (χ4v) is 2.90. The number of nitrogens with zero attached hydrogens (tertiary/aromatic N) is 2. The molecule has 2 atom stereocenters. The molecule has 1 aliphatic rings. The summed E-state index contributed by atoms with van der Waals surface area (Å²) in [5, 5.41) is 0. The van der Waals surface area contributed by atoms with Crippen LogP contribution in [-0.4, -0.2) is 15.9 Å². The summed E-state index contributed by atoms with van der Waals surface area (Å²) >= 11 is 0. The summed E-state index contributed by atoms with van der Waals surface area (Å²) in [6, 6.07) is 7.17. The van der Waals surface area contributed by atoms with Crippen molar-refractivity contribution in [1.29, 1.82) is 0 Å². The van der Waals surface area contributed by atoms with Crippen LogP contribution in [0.5, 0.6) is 0 Å². The van der Waals surface area contributed by atoms with Crippen molar-refractivity contribution in [3.63, 3.8) is 0 Å². The van der Waals surface area contributed by atoms with Gasteiger partial charge < -0.3 is 0 Å². The van der Waals surface area contributed by atoms with Gasteiger partial charge in [-0.25, -0.2) is 9.97 Å². The summed E-state index contributed by atoms with van der Waals surface area (Å²) in [5.41, 5.74) is 6.07. The summed E-state index contributed by atoms with van der Waals surface area (Å²) < 4.78 is 39.2. The van der Waals surface area contributed by atoms with Crippen molar-refractivity contribution in [1.82, 2.24) is 15.4 Å². The third kappa shape index (κ3) is 3.89. The molecular formula is C17H17F3N4O. The lowest BCUT2D eigenvalue weighted by molar-refractivity contribution is -0.138. The minimum atomic E-state index is -4.43. The molecule has 2 aromatic rings. The molecule has 1 aromatic carbocycles. The minimum Gasteiger partial charge on any atom is -0.273 e. The lowest BCUT2D eigenvalue weighted by atomic mass is 10.0. The fourth-order valence-electron chi connectivity index (χ4n) is 2.90. The van der Waals surface area contributed by atoms with Gasteiger partial charge in [-0.15, -0.1) is 0 Å². The molecule has 0 unspecified atom stereocenters. The van der Waals surface area contributed by atoms with E-state index in [0.717, 1.165) is 17.5 Å². The fraction of sp³-hybridized carbons (Fsp3) is 0.353. The molecule has 3 rings (SSSR count). The average molecular weight is 350 g/mol. The number of nitrogens with one attached hydrogen (secondary N) is 2. The zero-order valence-corrected chi connectivity index (χ0v) is 13.7. The Morgan fingerprint density at radius 1 is 1.16 bits per heavy atom. The molecule has 1 amide bonds. The summed E-state index contributed by atoms with van der Waals surface area (Å²) in [6.45, 7) is 3.60. The minimum absolute atomic E-state index is 0.165. The van der Waals surface area contributed by atoms with Gasteiger partial charge in [-0.05, 0) is 43.9 Å². The van der Waals surface area contributed by atoms with Gasteiger partial charge in [0.15, 0.2) is 0 Å². The number of rotatable bonds is 4. The first kappa shape index (κ1) is 17.2. The molecule has 0 radical (unpaired) electrons. The topological polar surface area (TPSA) is 66.9 Å². The van der Waals surface area contributed by atoms with E-state index in [1.807, 2.05) is 0 Å². The van der Waals surface area contributed by atoms with Crippen molar-refractivity contribution in [2.24, 2.45) is 5.92 Å². The van der Waals surface area contributed by atoms with Gasteiger partial charge in [0.25, 0.3) is 0 Å². The first-order chi connectivity index (χ1) is 11.8. The molecule has 2 N–H and O–H groups in total. The van der Waals surface area contributed by atoms with Crippen LogP contribution in [0.2, 0.25) is 0 Å². The van der Waals surface area contributed by atoms with E-state index >= 15 is 0 Å². The first-order valence-corrected chi connectivity index (χ1v) is 7.80. The molecule has 0 bridgehead atoms. The highest BCUT2D eigenvalue weighted by Crippen LogP contribution is 2.50. The van der Waals surface area contributed by atoms with E-state index in [4.69, 9.17) is 0 Å². The Balaban J connectivity index is 1.65. The number of benzene rings is 1.